The maximum Gasteiger partial charge on any atom is 0.416 e. The molecule has 0 spiro atoms. The predicted octanol–water partition coefficient (Wildman–Crippen LogP) is 5.86. The Bertz CT molecular complexity index is 1290. The number of alkyl halides is 3. The van der Waals surface area contributed by atoms with Crippen molar-refractivity contribution >= 4 is 29.3 Å². The van der Waals surface area contributed by atoms with Gasteiger partial charge in [0.15, 0.2) is 0 Å². The van der Waals surface area contributed by atoms with Crippen LogP contribution in [0.5, 0.6) is 0 Å². The number of pyridine rings is 1. The number of esters is 1. The topological polar surface area (TPSA) is 92.1 Å². The number of carbonyl (C=O) groups excluding carboxylic acids is 2. The van der Waals surface area contributed by atoms with Crippen molar-refractivity contribution in [2.75, 3.05) is 11.9 Å². The molecular formula is C24H18F3N3O3S. The summed E-state index contributed by atoms with van der Waals surface area (Å²) >= 11 is 1.04. The Morgan fingerprint density at radius 2 is 1.88 bits per heavy atom. The van der Waals surface area contributed by atoms with Crippen LogP contribution in [0.25, 0.3) is 0 Å². The van der Waals surface area contributed by atoms with E-state index >= 15 is 0 Å². The summed E-state index contributed by atoms with van der Waals surface area (Å²) in [5, 5.41) is 12.5. The van der Waals surface area contributed by atoms with E-state index < -0.39 is 23.6 Å². The summed E-state index contributed by atoms with van der Waals surface area (Å²) in [6.07, 6.45) is -4.58. The summed E-state index contributed by atoms with van der Waals surface area (Å²) in [5.41, 5.74) is -0.213. The number of aryl methyl sites for hydroxylation is 1. The molecule has 3 aromatic rings. The number of carbonyl (C=O) groups is 2. The highest BCUT2D eigenvalue weighted by Gasteiger charge is 2.31. The van der Waals surface area contributed by atoms with Gasteiger partial charge in [-0.25, -0.2) is 9.78 Å². The van der Waals surface area contributed by atoms with Gasteiger partial charge >= 0.3 is 12.1 Å². The average Bonchev–Trinajstić information content (AvgIpc) is 2.79. The maximum absolute atomic E-state index is 13.0. The number of nitrogens with one attached hydrogen (secondary N) is 1. The number of halogens is 3. The zero-order chi connectivity index (χ0) is 24.9. The van der Waals surface area contributed by atoms with Crippen molar-refractivity contribution in [2.24, 2.45) is 0 Å². The van der Waals surface area contributed by atoms with Crippen LogP contribution in [-0.4, -0.2) is 23.5 Å². The lowest BCUT2D eigenvalue weighted by atomic mass is 10.1. The van der Waals surface area contributed by atoms with Crippen LogP contribution in [0.3, 0.4) is 0 Å². The molecular weight excluding hydrogens is 467 g/mol. The number of nitrogens with zero attached hydrogens (tertiary/aromatic N) is 2. The van der Waals surface area contributed by atoms with Gasteiger partial charge in [-0.15, -0.1) is 0 Å². The van der Waals surface area contributed by atoms with E-state index in [-0.39, 0.29) is 28.3 Å². The molecule has 1 heterocycles. The van der Waals surface area contributed by atoms with E-state index in [1.807, 2.05) is 6.07 Å². The first kappa shape index (κ1) is 24.8. The van der Waals surface area contributed by atoms with Crippen LogP contribution in [0.1, 0.15) is 44.5 Å². The first-order valence-electron chi connectivity index (χ1n) is 9.98. The number of para-hydroxylation sites is 1. The lowest BCUT2D eigenvalue weighted by Crippen LogP contribution is -2.14. The van der Waals surface area contributed by atoms with Gasteiger partial charge in [0.1, 0.15) is 11.1 Å². The van der Waals surface area contributed by atoms with Gasteiger partial charge in [0.25, 0.3) is 5.91 Å². The summed E-state index contributed by atoms with van der Waals surface area (Å²) in [6, 6.07) is 14.1. The van der Waals surface area contributed by atoms with Gasteiger partial charge < -0.3 is 10.1 Å². The lowest BCUT2D eigenvalue weighted by molar-refractivity contribution is -0.137. The number of amides is 1. The third kappa shape index (κ3) is 5.74. The summed E-state index contributed by atoms with van der Waals surface area (Å²) < 4.78 is 44.0. The van der Waals surface area contributed by atoms with Crippen molar-refractivity contribution in [3.8, 4) is 6.07 Å². The lowest BCUT2D eigenvalue weighted by Gasteiger charge is -2.13. The molecule has 0 fully saturated rings. The van der Waals surface area contributed by atoms with E-state index in [0.717, 1.165) is 30.0 Å². The standard InChI is InChI=1S/C24H18F3N3O3S/c1-3-33-23(32)17-11-14(2)29-22(18(17)13-28)34-20-10-5-4-9-19(20)30-21(31)15-7-6-8-16(12-15)24(25,26)27/h4-12H,3H2,1-2H3,(H,30,31). The zero-order valence-corrected chi connectivity index (χ0v) is 18.9. The highest BCUT2D eigenvalue weighted by Crippen LogP contribution is 2.36. The van der Waals surface area contributed by atoms with Gasteiger partial charge in [-0.1, -0.05) is 30.0 Å². The monoisotopic (exact) mass is 485 g/mol. The molecule has 1 amide bonds. The maximum atomic E-state index is 13.0. The molecule has 0 bridgehead atoms. The van der Waals surface area contributed by atoms with Crippen molar-refractivity contribution in [1.29, 1.82) is 5.26 Å². The van der Waals surface area contributed by atoms with Crippen LogP contribution in [-0.2, 0) is 10.9 Å². The van der Waals surface area contributed by atoms with Gasteiger partial charge in [-0.2, -0.15) is 18.4 Å². The second kappa shape index (κ2) is 10.4. The molecule has 0 aliphatic heterocycles. The second-order valence-corrected chi connectivity index (χ2v) is 7.99. The summed E-state index contributed by atoms with van der Waals surface area (Å²) in [5.74, 6) is -1.39. The van der Waals surface area contributed by atoms with E-state index in [9.17, 15) is 28.0 Å². The van der Waals surface area contributed by atoms with Gasteiger partial charge in [-0.05, 0) is 50.2 Å². The highest BCUT2D eigenvalue weighted by atomic mass is 32.2. The largest absolute Gasteiger partial charge is 0.462 e. The third-order valence-corrected chi connectivity index (χ3v) is 5.58. The normalized spacial score (nSPS) is 10.9. The molecule has 10 heteroatoms. The Kier molecular flexibility index (Phi) is 7.58. The number of hydrogen-bond acceptors (Lipinski definition) is 6. The second-order valence-electron chi connectivity index (χ2n) is 6.95. The van der Waals surface area contributed by atoms with E-state index in [1.165, 1.54) is 12.1 Å². The average molecular weight is 485 g/mol. The van der Waals surface area contributed by atoms with Crippen LogP contribution < -0.4 is 5.32 Å². The van der Waals surface area contributed by atoms with Gasteiger partial charge in [0.05, 0.1) is 29.0 Å². The Balaban J connectivity index is 1.94. The summed E-state index contributed by atoms with van der Waals surface area (Å²) in [4.78, 5) is 29.8. The molecule has 1 aromatic heterocycles. The number of hydrogen-bond donors (Lipinski definition) is 1. The fourth-order valence-electron chi connectivity index (χ4n) is 2.99. The first-order chi connectivity index (χ1) is 16.1. The van der Waals surface area contributed by atoms with Gasteiger partial charge in [-0.3, -0.25) is 4.79 Å². The Morgan fingerprint density at radius 3 is 2.56 bits per heavy atom. The Labute approximate surface area is 197 Å². The number of nitriles is 1. The number of aromatic nitrogens is 1. The molecule has 0 atom stereocenters. The van der Waals surface area contributed by atoms with Crippen molar-refractivity contribution in [2.45, 2.75) is 29.9 Å². The van der Waals surface area contributed by atoms with Crippen LogP contribution in [0.4, 0.5) is 18.9 Å². The number of anilines is 1. The number of ether oxygens (including phenoxy) is 1. The minimum atomic E-state index is -4.58. The Morgan fingerprint density at radius 1 is 1.15 bits per heavy atom. The van der Waals surface area contributed by atoms with E-state index in [4.69, 9.17) is 4.74 Å². The zero-order valence-electron chi connectivity index (χ0n) is 18.1. The number of benzene rings is 2. The van der Waals surface area contributed by atoms with Crippen molar-refractivity contribution in [1.82, 2.24) is 4.98 Å². The molecule has 2 aromatic carbocycles. The fourth-order valence-corrected chi connectivity index (χ4v) is 4.02. The molecule has 34 heavy (non-hydrogen) atoms. The predicted molar refractivity (Wildman–Crippen MR) is 120 cm³/mol. The molecule has 3 rings (SSSR count). The SMILES string of the molecule is CCOC(=O)c1cc(C)nc(Sc2ccccc2NC(=O)c2cccc(C(F)(F)F)c2)c1C#N. The minimum Gasteiger partial charge on any atom is -0.462 e. The van der Waals surface area contributed by atoms with Crippen molar-refractivity contribution < 1.29 is 27.5 Å². The van der Waals surface area contributed by atoms with Crippen LogP contribution in [0.15, 0.2) is 64.5 Å². The third-order valence-electron chi connectivity index (χ3n) is 4.52. The van der Waals surface area contributed by atoms with Gasteiger partial charge in [0, 0.05) is 16.2 Å². The fraction of sp³-hybridized carbons (Fsp3) is 0.167. The molecule has 6 nitrogen and oxygen atoms in total. The molecule has 0 saturated carbocycles. The summed E-state index contributed by atoms with van der Waals surface area (Å²) in [6.45, 7) is 3.45. The smallest absolute Gasteiger partial charge is 0.416 e. The van der Waals surface area contributed by atoms with E-state index in [1.54, 1.807) is 38.1 Å². The molecule has 0 radical (unpaired) electrons. The molecule has 0 saturated heterocycles. The number of rotatable bonds is 6. The van der Waals surface area contributed by atoms with Crippen LogP contribution >= 0.6 is 11.8 Å². The first-order valence-corrected chi connectivity index (χ1v) is 10.8. The van der Waals surface area contributed by atoms with E-state index in [0.29, 0.717) is 16.3 Å². The molecule has 1 N–H and O–H groups in total. The molecule has 0 unspecified atom stereocenters. The van der Waals surface area contributed by atoms with Crippen molar-refractivity contribution in [3.63, 3.8) is 0 Å². The molecule has 174 valence electrons. The van der Waals surface area contributed by atoms with Gasteiger partial charge in [0.2, 0.25) is 0 Å². The van der Waals surface area contributed by atoms with E-state index in [2.05, 4.69) is 10.3 Å². The molecule has 0 aliphatic rings. The quantitative estimate of drug-likeness (QED) is 0.440. The highest BCUT2D eigenvalue weighted by molar-refractivity contribution is 7.99. The van der Waals surface area contributed by atoms with Crippen LogP contribution in [0, 0.1) is 18.3 Å². The minimum absolute atomic E-state index is 0.0213. The summed E-state index contributed by atoms with van der Waals surface area (Å²) in [7, 11) is 0. The Hall–Kier alpha value is -3.84. The van der Waals surface area contributed by atoms with Crippen LogP contribution in [0.2, 0.25) is 0 Å². The molecule has 0 aliphatic carbocycles. The van der Waals surface area contributed by atoms with Crippen molar-refractivity contribution in [3.05, 3.63) is 82.5 Å².